The molecule has 0 unspecified atom stereocenters. The molecule has 3 rings (SSSR count). The van der Waals surface area contributed by atoms with E-state index in [9.17, 15) is 13.6 Å². The minimum absolute atomic E-state index is 0.0242. The largest absolute Gasteiger partial charge is 0.398 e. The molecule has 0 spiro atoms. The Balaban J connectivity index is 1.89. The number of carbonyl (C=O) groups excluding carboxylic acids is 1. The molecule has 1 aromatic carbocycles. The van der Waals surface area contributed by atoms with Gasteiger partial charge in [-0.1, -0.05) is 0 Å². The maximum absolute atomic E-state index is 13.3. The van der Waals surface area contributed by atoms with Gasteiger partial charge in [0.2, 0.25) is 0 Å². The van der Waals surface area contributed by atoms with E-state index in [0.717, 1.165) is 18.0 Å². The summed E-state index contributed by atoms with van der Waals surface area (Å²) in [5, 5.41) is 0. The number of halogens is 2. The Morgan fingerprint density at radius 3 is 2.80 bits per heavy atom. The van der Waals surface area contributed by atoms with Crippen molar-refractivity contribution in [2.45, 2.75) is 13.1 Å². The van der Waals surface area contributed by atoms with Crippen LogP contribution in [0.15, 0.2) is 24.5 Å². The summed E-state index contributed by atoms with van der Waals surface area (Å²) in [6.07, 6.45) is 3.50. The second-order valence-corrected chi connectivity index (χ2v) is 4.62. The second-order valence-electron chi connectivity index (χ2n) is 4.62. The van der Waals surface area contributed by atoms with Crippen LogP contribution in [-0.4, -0.2) is 26.9 Å². The summed E-state index contributed by atoms with van der Waals surface area (Å²) in [7, 11) is 0. The molecule has 0 saturated carbocycles. The van der Waals surface area contributed by atoms with Gasteiger partial charge in [-0.15, -0.1) is 0 Å². The van der Waals surface area contributed by atoms with Crippen LogP contribution in [0.2, 0.25) is 0 Å². The number of nitrogens with zero attached hydrogens (tertiary/aromatic N) is 3. The topological polar surface area (TPSA) is 64.2 Å². The maximum Gasteiger partial charge on any atom is 0.256 e. The third-order valence-electron chi connectivity index (χ3n) is 3.35. The monoisotopic (exact) mass is 278 g/mol. The van der Waals surface area contributed by atoms with Crippen LogP contribution in [0.1, 0.15) is 16.2 Å². The number of hydrogen-bond acceptors (Lipinski definition) is 3. The molecule has 0 saturated heterocycles. The highest BCUT2D eigenvalue weighted by Gasteiger charge is 2.24. The molecule has 0 radical (unpaired) electrons. The van der Waals surface area contributed by atoms with Crippen LogP contribution >= 0.6 is 0 Å². The van der Waals surface area contributed by atoms with Crippen molar-refractivity contribution < 1.29 is 13.6 Å². The summed E-state index contributed by atoms with van der Waals surface area (Å²) in [6.45, 7) is 1.41. The number of hydrogen-bond donors (Lipinski definition) is 1. The molecular weight excluding hydrogens is 266 g/mol. The number of aromatic nitrogens is 2. The minimum atomic E-state index is -1.08. The zero-order chi connectivity index (χ0) is 14.3. The zero-order valence-electron chi connectivity index (χ0n) is 10.5. The predicted molar refractivity (Wildman–Crippen MR) is 67.7 cm³/mol. The van der Waals surface area contributed by atoms with E-state index in [1.54, 1.807) is 6.20 Å². The average molecular weight is 278 g/mol. The Hall–Kier alpha value is -2.44. The van der Waals surface area contributed by atoms with E-state index >= 15 is 0 Å². The number of nitrogen functional groups attached to an aromatic ring is 1. The van der Waals surface area contributed by atoms with Crippen LogP contribution in [0.3, 0.4) is 0 Å². The summed E-state index contributed by atoms with van der Waals surface area (Å²) in [6, 6.07) is 1.67. The van der Waals surface area contributed by atoms with Crippen molar-refractivity contribution in [3.05, 3.63) is 47.5 Å². The highest BCUT2D eigenvalue weighted by molar-refractivity contribution is 5.99. The van der Waals surface area contributed by atoms with E-state index in [1.165, 1.54) is 4.90 Å². The van der Waals surface area contributed by atoms with Crippen LogP contribution in [0.25, 0.3) is 0 Å². The van der Waals surface area contributed by atoms with E-state index in [1.807, 2.05) is 10.8 Å². The third-order valence-corrected chi connectivity index (χ3v) is 3.35. The summed E-state index contributed by atoms with van der Waals surface area (Å²) >= 11 is 0. The van der Waals surface area contributed by atoms with Crippen molar-refractivity contribution in [2.24, 2.45) is 0 Å². The first-order valence-corrected chi connectivity index (χ1v) is 6.10. The lowest BCUT2D eigenvalue weighted by Gasteiger charge is -2.28. The average Bonchev–Trinajstić information content (AvgIpc) is 2.89. The zero-order valence-corrected chi connectivity index (χ0v) is 10.5. The number of benzene rings is 1. The molecule has 0 bridgehead atoms. The number of fused-ring (bicyclic) bond motifs is 1. The van der Waals surface area contributed by atoms with Crippen LogP contribution < -0.4 is 5.73 Å². The quantitative estimate of drug-likeness (QED) is 0.802. The van der Waals surface area contributed by atoms with Gasteiger partial charge in [0.15, 0.2) is 11.6 Å². The molecule has 0 atom stereocenters. The SMILES string of the molecule is Nc1cc(F)c(F)cc1C(=O)N1CCn2ccnc2C1. The maximum atomic E-state index is 13.3. The van der Waals surface area contributed by atoms with Crippen molar-refractivity contribution in [3.63, 3.8) is 0 Å². The number of carbonyl (C=O) groups is 1. The number of amides is 1. The number of imidazole rings is 1. The van der Waals surface area contributed by atoms with E-state index in [4.69, 9.17) is 5.73 Å². The fourth-order valence-electron chi connectivity index (χ4n) is 2.26. The smallest absolute Gasteiger partial charge is 0.256 e. The van der Waals surface area contributed by atoms with Crippen molar-refractivity contribution in [1.82, 2.24) is 14.5 Å². The van der Waals surface area contributed by atoms with Crippen LogP contribution in [0, 0.1) is 11.6 Å². The lowest BCUT2D eigenvalue weighted by atomic mass is 10.1. The van der Waals surface area contributed by atoms with Gasteiger partial charge in [0, 0.05) is 37.2 Å². The van der Waals surface area contributed by atoms with Crippen molar-refractivity contribution in [3.8, 4) is 0 Å². The molecule has 5 nitrogen and oxygen atoms in total. The van der Waals surface area contributed by atoms with Gasteiger partial charge in [-0.3, -0.25) is 4.79 Å². The Kier molecular flexibility index (Phi) is 2.89. The van der Waals surface area contributed by atoms with Gasteiger partial charge in [-0.2, -0.15) is 0 Å². The number of nitrogens with two attached hydrogens (primary N) is 1. The predicted octanol–water partition coefficient (Wildman–Crippen LogP) is 1.40. The van der Waals surface area contributed by atoms with Crippen molar-refractivity contribution >= 4 is 11.6 Å². The molecule has 1 aliphatic heterocycles. The van der Waals surface area contributed by atoms with Gasteiger partial charge >= 0.3 is 0 Å². The molecule has 2 heterocycles. The Morgan fingerprint density at radius 1 is 1.25 bits per heavy atom. The van der Waals surface area contributed by atoms with Gasteiger partial charge < -0.3 is 15.2 Å². The Morgan fingerprint density at radius 2 is 2.00 bits per heavy atom. The van der Waals surface area contributed by atoms with E-state index in [2.05, 4.69) is 4.98 Å². The van der Waals surface area contributed by atoms with Gasteiger partial charge in [0.25, 0.3) is 5.91 Å². The fourth-order valence-corrected chi connectivity index (χ4v) is 2.26. The first kappa shape index (κ1) is 12.6. The molecule has 2 aromatic rings. The van der Waals surface area contributed by atoms with E-state index in [0.29, 0.717) is 19.6 Å². The first-order chi connectivity index (χ1) is 9.56. The number of anilines is 1. The summed E-state index contributed by atoms with van der Waals surface area (Å²) in [5.41, 5.74) is 5.51. The highest BCUT2D eigenvalue weighted by Crippen LogP contribution is 2.21. The van der Waals surface area contributed by atoms with Gasteiger partial charge in [0.1, 0.15) is 5.82 Å². The van der Waals surface area contributed by atoms with Crippen molar-refractivity contribution in [1.29, 1.82) is 0 Å². The van der Waals surface area contributed by atoms with Crippen LogP contribution in [0.4, 0.5) is 14.5 Å². The number of rotatable bonds is 1. The van der Waals surface area contributed by atoms with Gasteiger partial charge in [-0.25, -0.2) is 13.8 Å². The van der Waals surface area contributed by atoms with Crippen molar-refractivity contribution in [2.75, 3.05) is 12.3 Å². The van der Waals surface area contributed by atoms with E-state index < -0.39 is 17.5 Å². The molecule has 0 fully saturated rings. The standard InChI is InChI=1S/C13H12F2N4O/c14-9-5-8(11(16)6-10(9)15)13(20)19-4-3-18-2-1-17-12(18)7-19/h1-2,5-6H,3-4,7,16H2. The third kappa shape index (κ3) is 2.01. The van der Waals surface area contributed by atoms with Crippen LogP contribution in [0.5, 0.6) is 0 Å². The molecule has 104 valence electrons. The highest BCUT2D eigenvalue weighted by atomic mass is 19.2. The second kappa shape index (κ2) is 4.59. The Bertz CT molecular complexity index is 683. The van der Waals surface area contributed by atoms with Gasteiger partial charge in [-0.05, 0) is 6.07 Å². The molecule has 2 N–H and O–H groups in total. The molecule has 7 heteroatoms. The van der Waals surface area contributed by atoms with Gasteiger partial charge in [0.05, 0.1) is 12.1 Å². The molecule has 1 aromatic heterocycles. The Labute approximate surface area is 113 Å². The van der Waals surface area contributed by atoms with E-state index in [-0.39, 0.29) is 11.3 Å². The lowest BCUT2D eigenvalue weighted by molar-refractivity contribution is 0.0708. The normalized spacial score (nSPS) is 14.2. The minimum Gasteiger partial charge on any atom is -0.398 e. The molecule has 0 aliphatic carbocycles. The fraction of sp³-hybridized carbons (Fsp3) is 0.231. The molecule has 20 heavy (non-hydrogen) atoms. The summed E-state index contributed by atoms with van der Waals surface area (Å²) < 4.78 is 28.2. The lowest BCUT2D eigenvalue weighted by Crippen LogP contribution is -2.38. The molecular formula is C13H12F2N4O. The first-order valence-electron chi connectivity index (χ1n) is 6.10. The molecule has 1 aliphatic rings. The van der Waals surface area contributed by atoms with Crippen LogP contribution in [-0.2, 0) is 13.1 Å². The summed E-state index contributed by atoms with van der Waals surface area (Å²) in [4.78, 5) is 18.0. The summed E-state index contributed by atoms with van der Waals surface area (Å²) in [5.74, 6) is -1.81. The molecule has 1 amide bonds.